The zero-order valence-electron chi connectivity index (χ0n) is 10.9. The third-order valence-electron chi connectivity index (χ3n) is 3.10. The normalized spacial score (nSPS) is 16.1. The Morgan fingerprint density at radius 2 is 2.21 bits per heavy atom. The zero-order chi connectivity index (χ0) is 13.7. The fourth-order valence-electron chi connectivity index (χ4n) is 1.98. The number of amides is 1. The molecule has 1 aliphatic heterocycles. The van der Waals surface area contributed by atoms with Crippen molar-refractivity contribution in [1.29, 1.82) is 0 Å². The molecule has 1 fully saturated rings. The molecule has 1 heterocycles. The molecule has 0 saturated carbocycles. The number of carbonyl (C=O) groups is 1. The Labute approximate surface area is 111 Å². The maximum atomic E-state index is 13.0. The molecule has 0 radical (unpaired) electrons. The molecular weight excluding hydrogens is 249 g/mol. The second kappa shape index (κ2) is 6.52. The quantitative estimate of drug-likeness (QED) is 0.905. The topological polar surface area (TPSA) is 47.6 Å². The molecule has 5 heteroatoms. The highest BCUT2D eigenvalue weighted by Gasteiger charge is 2.16. The largest absolute Gasteiger partial charge is 0.483 e. The molecule has 1 aromatic carbocycles. The van der Waals surface area contributed by atoms with Crippen LogP contribution in [0.15, 0.2) is 18.2 Å². The Hall–Kier alpha value is -1.62. The van der Waals surface area contributed by atoms with Gasteiger partial charge in [0.15, 0.2) is 6.61 Å². The highest BCUT2D eigenvalue weighted by Crippen LogP contribution is 2.18. The smallest absolute Gasteiger partial charge is 0.258 e. The van der Waals surface area contributed by atoms with Crippen molar-refractivity contribution in [1.82, 2.24) is 5.32 Å². The molecule has 1 amide bonds. The van der Waals surface area contributed by atoms with Gasteiger partial charge in [0, 0.05) is 25.3 Å². The van der Waals surface area contributed by atoms with E-state index in [0.29, 0.717) is 19.0 Å². The first kappa shape index (κ1) is 13.8. The van der Waals surface area contributed by atoms with Gasteiger partial charge in [-0.25, -0.2) is 4.39 Å². The van der Waals surface area contributed by atoms with Gasteiger partial charge in [-0.05, 0) is 31.4 Å². The van der Waals surface area contributed by atoms with Crippen LogP contribution in [0.3, 0.4) is 0 Å². The first-order chi connectivity index (χ1) is 9.15. The SMILES string of the molecule is Cc1ccc(F)cc1OCC(=O)NC1CCOCC1. The molecule has 1 aliphatic rings. The second-order valence-corrected chi connectivity index (χ2v) is 4.65. The van der Waals surface area contributed by atoms with Crippen molar-refractivity contribution in [3.63, 3.8) is 0 Å². The Balaban J connectivity index is 1.81. The van der Waals surface area contributed by atoms with Gasteiger partial charge in [-0.3, -0.25) is 4.79 Å². The number of hydrogen-bond donors (Lipinski definition) is 1. The van der Waals surface area contributed by atoms with E-state index in [1.165, 1.54) is 12.1 Å². The monoisotopic (exact) mass is 267 g/mol. The van der Waals surface area contributed by atoms with Gasteiger partial charge in [0.25, 0.3) is 5.91 Å². The van der Waals surface area contributed by atoms with Crippen LogP contribution < -0.4 is 10.1 Å². The fourth-order valence-corrected chi connectivity index (χ4v) is 1.98. The summed E-state index contributed by atoms with van der Waals surface area (Å²) in [5, 5.41) is 2.89. The summed E-state index contributed by atoms with van der Waals surface area (Å²) in [6.45, 7) is 3.07. The summed E-state index contributed by atoms with van der Waals surface area (Å²) in [6, 6.07) is 4.43. The van der Waals surface area contributed by atoms with E-state index in [-0.39, 0.29) is 24.4 Å². The van der Waals surface area contributed by atoms with E-state index in [1.54, 1.807) is 6.07 Å². The Bertz CT molecular complexity index is 444. The predicted molar refractivity (Wildman–Crippen MR) is 68.6 cm³/mol. The lowest BCUT2D eigenvalue weighted by Gasteiger charge is -2.23. The van der Waals surface area contributed by atoms with Gasteiger partial charge in [-0.1, -0.05) is 6.07 Å². The van der Waals surface area contributed by atoms with Crippen molar-refractivity contribution in [3.8, 4) is 5.75 Å². The number of rotatable bonds is 4. The Kier molecular flexibility index (Phi) is 4.74. The van der Waals surface area contributed by atoms with Crippen LogP contribution in [0.5, 0.6) is 5.75 Å². The van der Waals surface area contributed by atoms with Gasteiger partial charge in [-0.15, -0.1) is 0 Å². The number of hydrogen-bond acceptors (Lipinski definition) is 3. The standard InChI is InChI=1S/C14H18FNO3/c1-10-2-3-11(15)8-13(10)19-9-14(17)16-12-4-6-18-7-5-12/h2-3,8,12H,4-7,9H2,1H3,(H,16,17). The molecule has 0 aliphatic carbocycles. The van der Waals surface area contributed by atoms with Crippen LogP contribution in [0, 0.1) is 12.7 Å². The van der Waals surface area contributed by atoms with E-state index in [4.69, 9.17) is 9.47 Å². The molecule has 2 rings (SSSR count). The molecule has 0 bridgehead atoms. The first-order valence-electron chi connectivity index (χ1n) is 6.41. The number of nitrogens with one attached hydrogen (secondary N) is 1. The maximum Gasteiger partial charge on any atom is 0.258 e. The molecule has 0 unspecified atom stereocenters. The average Bonchev–Trinajstić information content (AvgIpc) is 2.41. The van der Waals surface area contributed by atoms with E-state index < -0.39 is 0 Å². The lowest BCUT2D eigenvalue weighted by atomic mass is 10.1. The van der Waals surface area contributed by atoms with E-state index >= 15 is 0 Å². The molecular formula is C14H18FNO3. The highest BCUT2D eigenvalue weighted by molar-refractivity contribution is 5.77. The first-order valence-corrected chi connectivity index (χ1v) is 6.41. The number of halogens is 1. The second-order valence-electron chi connectivity index (χ2n) is 4.65. The van der Waals surface area contributed by atoms with Crippen LogP contribution in [0.2, 0.25) is 0 Å². The molecule has 0 spiro atoms. The van der Waals surface area contributed by atoms with Crippen LogP contribution >= 0.6 is 0 Å². The fraction of sp³-hybridized carbons (Fsp3) is 0.500. The van der Waals surface area contributed by atoms with Gasteiger partial charge in [0.2, 0.25) is 0 Å². The van der Waals surface area contributed by atoms with Crippen molar-refractivity contribution in [2.45, 2.75) is 25.8 Å². The third-order valence-corrected chi connectivity index (χ3v) is 3.10. The van der Waals surface area contributed by atoms with Gasteiger partial charge < -0.3 is 14.8 Å². The molecule has 1 aromatic rings. The van der Waals surface area contributed by atoms with Crippen molar-refractivity contribution < 1.29 is 18.7 Å². The molecule has 19 heavy (non-hydrogen) atoms. The summed E-state index contributed by atoms with van der Waals surface area (Å²) >= 11 is 0. The highest BCUT2D eigenvalue weighted by atomic mass is 19.1. The summed E-state index contributed by atoms with van der Waals surface area (Å²) in [6.07, 6.45) is 1.65. The van der Waals surface area contributed by atoms with Crippen LogP contribution in [0.25, 0.3) is 0 Å². The van der Waals surface area contributed by atoms with Crippen molar-refractivity contribution in [3.05, 3.63) is 29.6 Å². The number of ether oxygens (including phenoxy) is 2. The Morgan fingerprint density at radius 3 is 2.95 bits per heavy atom. The minimum Gasteiger partial charge on any atom is -0.483 e. The van der Waals surface area contributed by atoms with E-state index in [9.17, 15) is 9.18 Å². The van der Waals surface area contributed by atoms with Crippen LogP contribution in [0.1, 0.15) is 18.4 Å². The summed E-state index contributed by atoms with van der Waals surface area (Å²) < 4.78 is 23.6. The van der Waals surface area contributed by atoms with Crippen LogP contribution in [-0.2, 0) is 9.53 Å². The summed E-state index contributed by atoms with van der Waals surface area (Å²) in [4.78, 5) is 11.7. The van der Waals surface area contributed by atoms with Crippen LogP contribution in [0.4, 0.5) is 4.39 Å². The zero-order valence-corrected chi connectivity index (χ0v) is 10.9. The van der Waals surface area contributed by atoms with Crippen molar-refractivity contribution >= 4 is 5.91 Å². The molecule has 0 aromatic heterocycles. The molecule has 1 saturated heterocycles. The minimum atomic E-state index is -0.370. The predicted octanol–water partition coefficient (Wildman–Crippen LogP) is 1.81. The number of benzene rings is 1. The van der Waals surface area contributed by atoms with E-state index in [2.05, 4.69) is 5.32 Å². The van der Waals surface area contributed by atoms with Crippen LogP contribution in [-0.4, -0.2) is 31.8 Å². The number of carbonyl (C=O) groups excluding carboxylic acids is 1. The van der Waals surface area contributed by atoms with Gasteiger partial charge >= 0.3 is 0 Å². The number of aryl methyl sites for hydroxylation is 1. The molecule has 1 N–H and O–H groups in total. The van der Waals surface area contributed by atoms with E-state index in [1.807, 2.05) is 6.92 Å². The van der Waals surface area contributed by atoms with Gasteiger partial charge in [0.05, 0.1) is 0 Å². The van der Waals surface area contributed by atoms with Crippen molar-refractivity contribution in [2.75, 3.05) is 19.8 Å². The summed E-state index contributed by atoms with van der Waals surface area (Å²) in [7, 11) is 0. The lowest BCUT2D eigenvalue weighted by Crippen LogP contribution is -2.41. The van der Waals surface area contributed by atoms with Crippen molar-refractivity contribution in [2.24, 2.45) is 0 Å². The average molecular weight is 267 g/mol. The molecule has 0 atom stereocenters. The molecule has 4 nitrogen and oxygen atoms in total. The maximum absolute atomic E-state index is 13.0. The van der Waals surface area contributed by atoms with Gasteiger partial charge in [-0.2, -0.15) is 0 Å². The summed E-state index contributed by atoms with van der Waals surface area (Å²) in [5.41, 5.74) is 0.806. The minimum absolute atomic E-state index is 0.0956. The van der Waals surface area contributed by atoms with E-state index in [0.717, 1.165) is 18.4 Å². The Morgan fingerprint density at radius 1 is 1.47 bits per heavy atom. The lowest BCUT2D eigenvalue weighted by molar-refractivity contribution is -0.124. The van der Waals surface area contributed by atoms with Gasteiger partial charge in [0.1, 0.15) is 11.6 Å². The molecule has 104 valence electrons. The summed E-state index contributed by atoms with van der Waals surface area (Å²) in [5.74, 6) is -0.150. The third kappa shape index (κ3) is 4.21.